The van der Waals surface area contributed by atoms with Crippen LogP contribution in [0, 0.1) is 0 Å². The molecule has 3 aromatic carbocycles. The molecule has 1 aliphatic rings. The molecule has 3 N–H and O–H groups in total. The molecule has 10 heteroatoms. The van der Waals surface area contributed by atoms with Crippen molar-refractivity contribution in [2.75, 3.05) is 53.0 Å². The lowest BCUT2D eigenvalue weighted by atomic mass is 9.96. The monoisotopic (exact) mass is 594 g/mol. The van der Waals surface area contributed by atoms with Gasteiger partial charge in [0.15, 0.2) is 0 Å². The molecule has 0 spiro atoms. The number of amides is 1. The van der Waals surface area contributed by atoms with E-state index in [9.17, 15) is 9.59 Å². The number of carbonyl (C=O) groups is 2. The van der Waals surface area contributed by atoms with Crippen LogP contribution in [0.5, 0.6) is 5.75 Å². The SMILES string of the molecule is COC(=O)c1cc(CCCCN(N)C(=O)O)ccc1OCCN1CCN(C(c2ccccc2)c2ccc(Cl)cc2)CC1. The Morgan fingerprint density at radius 2 is 1.67 bits per heavy atom. The molecule has 1 atom stereocenters. The maximum Gasteiger partial charge on any atom is 0.421 e. The van der Waals surface area contributed by atoms with Gasteiger partial charge in [-0.25, -0.2) is 20.4 Å². The molecular weight excluding hydrogens is 556 g/mol. The molecule has 4 rings (SSSR count). The van der Waals surface area contributed by atoms with E-state index in [1.165, 1.54) is 18.2 Å². The van der Waals surface area contributed by atoms with E-state index in [0.717, 1.165) is 54.7 Å². The van der Waals surface area contributed by atoms with Crippen LogP contribution in [-0.4, -0.2) is 85.0 Å². The highest BCUT2D eigenvalue weighted by molar-refractivity contribution is 6.30. The fourth-order valence-electron chi connectivity index (χ4n) is 5.26. The van der Waals surface area contributed by atoms with Gasteiger partial charge >= 0.3 is 12.1 Å². The van der Waals surface area contributed by atoms with E-state index in [2.05, 4.69) is 46.2 Å². The number of unbranched alkanes of at least 4 members (excludes halogenated alkanes) is 1. The number of hydrogen-bond donors (Lipinski definition) is 2. The number of carboxylic acid groups (broad SMARTS) is 1. The number of carbonyl (C=O) groups excluding carboxylic acids is 1. The Morgan fingerprint density at radius 3 is 2.33 bits per heavy atom. The molecule has 224 valence electrons. The molecule has 0 aliphatic carbocycles. The highest BCUT2D eigenvalue weighted by Crippen LogP contribution is 2.30. The first-order valence-corrected chi connectivity index (χ1v) is 14.6. The summed E-state index contributed by atoms with van der Waals surface area (Å²) in [5.41, 5.74) is 3.82. The largest absolute Gasteiger partial charge is 0.491 e. The second kappa shape index (κ2) is 15.6. The first kappa shape index (κ1) is 31.3. The van der Waals surface area contributed by atoms with Gasteiger partial charge in [0, 0.05) is 44.3 Å². The Balaban J connectivity index is 1.30. The molecule has 1 heterocycles. The fourth-order valence-corrected chi connectivity index (χ4v) is 5.39. The number of methoxy groups -OCH3 is 1. The first-order chi connectivity index (χ1) is 20.4. The van der Waals surface area contributed by atoms with Gasteiger partial charge in [0.2, 0.25) is 0 Å². The van der Waals surface area contributed by atoms with E-state index in [1.807, 2.05) is 30.3 Å². The molecular formula is C32H39ClN4O5. The minimum absolute atomic E-state index is 0.161. The maximum atomic E-state index is 12.5. The Bertz CT molecular complexity index is 1300. The van der Waals surface area contributed by atoms with Gasteiger partial charge < -0.3 is 14.6 Å². The van der Waals surface area contributed by atoms with Crippen molar-refractivity contribution in [3.8, 4) is 5.75 Å². The van der Waals surface area contributed by atoms with E-state index in [-0.39, 0.29) is 12.6 Å². The third-order valence-electron chi connectivity index (χ3n) is 7.55. The van der Waals surface area contributed by atoms with Crippen LogP contribution in [0.15, 0.2) is 72.8 Å². The summed E-state index contributed by atoms with van der Waals surface area (Å²) in [6.45, 7) is 5.09. The summed E-state index contributed by atoms with van der Waals surface area (Å²) in [6.07, 6.45) is 0.882. The first-order valence-electron chi connectivity index (χ1n) is 14.2. The number of hydrogen-bond acceptors (Lipinski definition) is 7. The fraction of sp³-hybridized carbons (Fsp3) is 0.375. The van der Waals surface area contributed by atoms with Gasteiger partial charge in [0.05, 0.1) is 13.2 Å². The third kappa shape index (κ3) is 8.69. The van der Waals surface area contributed by atoms with Crippen LogP contribution in [-0.2, 0) is 11.2 Å². The van der Waals surface area contributed by atoms with Gasteiger partial charge in [-0.05, 0) is 60.2 Å². The molecule has 0 aromatic heterocycles. The molecule has 1 fully saturated rings. The van der Waals surface area contributed by atoms with E-state index in [4.69, 9.17) is 32.0 Å². The van der Waals surface area contributed by atoms with Gasteiger partial charge in [0.25, 0.3) is 0 Å². The lowest BCUT2D eigenvalue weighted by molar-refractivity contribution is 0.0593. The Morgan fingerprint density at radius 1 is 0.976 bits per heavy atom. The average molecular weight is 595 g/mol. The molecule has 0 radical (unpaired) electrons. The van der Waals surface area contributed by atoms with Crippen LogP contribution in [0.3, 0.4) is 0 Å². The van der Waals surface area contributed by atoms with E-state index in [1.54, 1.807) is 6.07 Å². The standard InChI is InChI=1S/C32H39ClN4O5/c1-41-31(38)28-23-24(7-5-6-16-37(34)32(39)40)10-15-29(28)42-22-21-35-17-19-36(20-18-35)30(25-8-3-2-4-9-25)26-11-13-27(33)14-12-26/h2-4,8-15,23,30H,5-7,16-22,34H2,1H3,(H,39,40). The number of benzene rings is 3. The van der Waals surface area contributed by atoms with E-state index < -0.39 is 12.1 Å². The molecule has 0 saturated carbocycles. The minimum atomic E-state index is -1.15. The van der Waals surface area contributed by atoms with Crippen molar-refractivity contribution in [1.82, 2.24) is 14.8 Å². The number of halogens is 1. The maximum absolute atomic E-state index is 12.5. The zero-order valence-electron chi connectivity index (χ0n) is 24.0. The van der Waals surface area contributed by atoms with Gasteiger partial charge in [-0.15, -0.1) is 0 Å². The third-order valence-corrected chi connectivity index (χ3v) is 7.80. The summed E-state index contributed by atoms with van der Waals surface area (Å²) < 4.78 is 11.1. The molecule has 42 heavy (non-hydrogen) atoms. The molecule has 9 nitrogen and oxygen atoms in total. The molecule has 1 aliphatic heterocycles. The van der Waals surface area contributed by atoms with Gasteiger partial charge in [-0.2, -0.15) is 0 Å². The average Bonchev–Trinajstić information content (AvgIpc) is 3.01. The molecule has 0 bridgehead atoms. The van der Waals surface area contributed by atoms with Gasteiger partial charge in [-0.1, -0.05) is 60.1 Å². The Kier molecular flexibility index (Phi) is 11.6. The summed E-state index contributed by atoms with van der Waals surface area (Å²) in [4.78, 5) is 28.2. The van der Waals surface area contributed by atoms with Crippen molar-refractivity contribution < 1.29 is 24.2 Å². The lowest BCUT2D eigenvalue weighted by Crippen LogP contribution is -2.48. The smallest absolute Gasteiger partial charge is 0.421 e. The van der Waals surface area contributed by atoms with Crippen LogP contribution in [0.4, 0.5) is 4.79 Å². The quantitative estimate of drug-likeness (QED) is 0.0926. The number of hydrazine groups is 1. The van der Waals surface area contributed by atoms with Crippen molar-refractivity contribution in [3.63, 3.8) is 0 Å². The van der Waals surface area contributed by atoms with Crippen molar-refractivity contribution in [3.05, 3.63) is 100 Å². The lowest BCUT2D eigenvalue weighted by Gasteiger charge is -2.39. The number of nitrogens with two attached hydrogens (primary N) is 1. The molecule has 3 aromatic rings. The summed E-state index contributed by atoms with van der Waals surface area (Å²) >= 11 is 6.17. The van der Waals surface area contributed by atoms with Crippen LogP contribution < -0.4 is 10.6 Å². The highest BCUT2D eigenvalue weighted by atomic mass is 35.5. The van der Waals surface area contributed by atoms with Crippen LogP contribution in [0.25, 0.3) is 0 Å². The zero-order valence-corrected chi connectivity index (χ0v) is 24.7. The second-order valence-corrected chi connectivity index (χ2v) is 10.8. The van der Waals surface area contributed by atoms with E-state index >= 15 is 0 Å². The number of aryl methyl sites for hydroxylation is 1. The number of piperazine rings is 1. The number of nitrogens with zero attached hydrogens (tertiary/aromatic N) is 3. The summed E-state index contributed by atoms with van der Waals surface area (Å²) in [5.74, 6) is 5.46. The normalized spacial score (nSPS) is 14.7. The highest BCUT2D eigenvalue weighted by Gasteiger charge is 2.26. The number of esters is 1. The molecule has 1 saturated heterocycles. The number of ether oxygens (including phenoxy) is 2. The van der Waals surface area contributed by atoms with Crippen LogP contribution >= 0.6 is 11.6 Å². The van der Waals surface area contributed by atoms with Crippen molar-refractivity contribution in [2.45, 2.75) is 25.3 Å². The Labute approximate surface area is 252 Å². The Hall–Kier alpha value is -3.63. The second-order valence-electron chi connectivity index (χ2n) is 10.3. The summed E-state index contributed by atoms with van der Waals surface area (Å²) in [7, 11) is 1.35. The van der Waals surface area contributed by atoms with Crippen molar-refractivity contribution >= 4 is 23.7 Å². The van der Waals surface area contributed by atoms with Crippen LogP contribution in [0.2, 0.25) is 5.02 Å². The van der Waals surface area contributed by atoms with Crippen LogP contribution in [0.1, 0.15) is 45.9 Å². The summed E-state index contributed by atoms with van der Waals surface area (Å²) in [6, 6.07) is 24.4. The van der Waals surface area contributed by atoms with Crippen molar-refractivity contribution in [1.29, 1.82) is 0 Å². The zero-order chi connectivity index (χ0) is 29.9. The minimum Gasteiger partial charge on any atom is -0.491 e. The van der Waals surface area contributed by atoms with Gasteiger partial charge in [0.1, 0.15) is 17.9 Å². The van der Waals surface area contributed by atoms with Crippen molar-refractivity contribution in [2.24, 2.45) is 5.84 Å². The molecule has 1 amide bonds. The molecule has 1 unspecified atom stereocenters. The predicted molar refractivity (Wildman–Crippen MR) is 163 cm³/mol. The predicted octanol–water partition coefficient (Wildman–Crippen LogP) is 5.09. The topological polar surface area (TPSA) is 109 Å². The van der Waals surface area contributed by atoms with E-state index in [0.29, 0.717) is 30.8 Å². The van der Waals surface area contributed by atoms with Gasteiger partial charge in [-0.3, -0.25) is 9.80 Å². The number of rotatable bonds is 13. The summed E-state index contributed by atoms with van der Waals surface area (Å²) in [5, 5.41) is 10.4.